The highest BCUT2D eigenvalue weighted by molar-refractivity contribution is 8.77. The standard InChI is InChI=1S/C53H58N6O9S2/c1-53(2,70-69-18-10-15-48(54)60)17-16-49(61)57(3)35-20-31(29-67-46-26-39-37(24-44(46)65-4)51(63)58-36(28-55-39)22-33-11-6-8-13-41(33)58)19-32(21-35)30-68-47-27-40-38(25-45(47)66-5)52(64)59-42-14-9-7-12-34(42)23-43(59)50(62)56-40/h6-9,11-14,19-21,24-27,36,43,50,55-56,62H,10,15-18,22-23,28-30H2,1-5H3,(H2,54,60)/t36-,43-,50?/m0/s1. The third-order valence-corrected chi connectivity index (χ3v) is 16.7. The maximum Gasteiger partial charge on any atom is 0.260 e. The Kier molecular flexibility index (Phi) is 14.1. The van der Waals surface area contributed by atoms with Crippen LogP contribution < -0.4 is 50.0 Å². The highest BCUT2D eigenvalue weighted by Gasteiger charge is 2.42. The molecule has 0 aromatic heterocycles. The van der Waals surface area contributed by atoms with E-state index in [4.69, 9.17) is 24.7 Å². The van der Waals surface area contributed by atoms with Crippen molar-refractivity contribution in [3.05, 3.63) is 124 Å². The molecule has 5 aromatic carbocycles. The van der Waals surface area contributed by atoms with Crippen molar-refractivity contribution in [1.82, 2.24) is 0 Å². The van der Waals surface area contributed by atoms with E-state index in [0.717, 1.165) is 45.8 Å². The minimum Gasteiger partial charge on any atom is -0.493 e. The number of nitrogens with two attached hydrogens (primary N) is 1. The summed E-state index contributed by atoms with van der Waals surface area (Å²) in [4.78, 5) is 58.6. The lowest BCUT2D eigenvalue weighted by Gasteiger charge is -2.26. The van der Waals surface area contributed by atoms with Crippen molar-refractivity contribution in [2.45, 2.75) is 88.6 Å². The van der Waals surface area contributed by atoms with Crippen molar-refractivity contribution in [3.8, 4) is 23.0 Å². The maximum atomic E-state index is 14.1. The molecule has 15 nitrogen and oxygen atoms in total. The summed E-state index contributed by atoms with van der Waals surface area (Å²) in [5.74, 6) is 1.54. The summed E-state index contributed by atoms with van der Waals surface area (Å²) in [6.07, 6.45) is 2.18. The van der Waals surface area contributed by atoms with Crippen LogP contribution in [0.15, 0.2) is 91.0 Å². The summed E-state index contributed by atoms with van der Waals surface area (Å²) >= 11 is 0. The number of ether oxygens (including phenoxy) is 4. The Labute approximate surface area is 415 Å². The van der Waals surface area contributed by atoms with Crippen LogP contribution >= 0.6 is 21.6 Å². The molecule has 17 heteroatoms. The molecule has 0 spiro atoms. The van der Waals surface area contributed by atoms with Gasteiger partial charge in [0.05, 0.1) is 48.8 Å². The van der Waals surface area contributed by atoms with Crippen molar-refractivity contribution >= 4 is 73.7 Å². The van der Waals surface area contributed by atoms with Crippen molar-refractivity contribution in [2.24, 2.45) is 5.73 Å². The molecule has 0 saturated carbocycles. The zero-order valence-corrected chi connectivity index (χ0v) is 41.5. The number of hydrogen-bond acceptors (Lipinski definition) is 13. The number of primary amides is 1. The Morgan fingerprint density at radius 1 is 0.786 bits per heavy atom. The summed E-state index contributed by atoms with van der Waals surface area (Å²) in [5, 5.41) is 18.0. The number of methoxy groups -OCH3 is 2. The fourth-order valence-corrected chi connectivity index (χ4v) is 12.2. The molecule has 4 amide bonds. The fraction of sp³-hybridized carbons (Fsp3) is 0.358. The largest absolute Gasteiger partial charge is 0.493 e. The van der Waals surface area contributed by atoms with Crippen molar-refractivity contribution < 1.29 is 43.2 Å². The topological polar surface area (TPSA) is 185 Å². The van der Waals surface area contributed by atoms with Gasteiger partial charge in [0, 0.05) is 66.1 Å². The van der Waals surface area contributed by atoms with E-state index in [1.54, 1.807) is 63.7 Å². The van der Waals surface area contributed by atoms with Gasteiger partial charge in [0.25, 0.3) is 11.8 Å². The minimum absolute atomic E-state index is 0.0361. The lowest BCUT2D eigenvalue weighted by Crippen LogP contribution is -2.45. The third kappa shape index (κ3) is 10.1. The molecule has 5 aromatic rings. The molecular formula is C53H58N6O9S2. The van der Waals surface area contributed by atoms with E-state index in [0.29, 0.717) is 89.8 Å². The number of aliphatic hydroxyl groups excluding tert-OH is 1. The van der Waals surface area contributed by atoms with E-state index in [2.05, 4.69) is 30.5 Å². The van der Waals surface area contributed by atoms with Crippen molar-refractivity contribution in [3.63, 3.8) is 0 Å². The zero-order valence-electron chi connectivity index (χ0n) is 39.9. The molecule has 1 unspecified atom stereocenters. The van der Waals surface area contributed by atoms with Gasteiger partial charge in [-0.2, -0.15) is 0 Å². The second-order valence-corrected chi connectivity index (χ2v) is 21.7. The fourth-order valence-electron chi connectivity index (χ4n) is 9.55. The number of fused-ring (bicyclic) bond motifs is 8. The minimum atomic E-state index is -1.05. The molecule has 0 fully saturated rings. The van der Waals surface area contributed by atoms with Gasteiger partial charge in [-0.1, -0.05) is 58.0 Å². The predicted molar refractivity (Wildman–Crippen MR) is 276 cm³/mol. The molecule has 4 heterocycles. The number of para-hydroxylation sites is 2. The first-order valence-corrected chi connectivity index (χ1v) is 25.7. The molecule has 0 aliphatic carbocycles. The highest BCUT2D eigenvalue weighted by Crippen LogP contribution is 2.44. The zero-order chi connectivity index (χ0) is 49.3. The van der Waals surface area contributed by atoms with Gasteiger partial charge in [-0.15, -0.1) is 0 Å². The van der Waals surface area contributed by atoms with Gasteiger partial charge in [0.1, 0.15) is 19.4 Å². The average Bonchev–Trinajstić information content (AvgIpc) is 3.87. The van der Waals surface area contributed by atoms with E-state index < -0.39 is 12.3 Å². The second kappa shape index (κ2) is 20.4. The number of benzene rings is 5. The average molecular weight is 987 g/mol. The SMILES string of the molecule is COc1cc2c(cc1OCc1cc(COc3cc4c(cc3OC)C(=O)N3c5ccccc5C[C@H]3C(O)N4)cc(N(C)C(=O)CCC(C)(C)SSCCCC(N)=O)c1)NC[C@@H]1Cc3ccccc3N1C2=O. The number of carbonyl (C=O) groups is 4. The Bertz CT molecular complexity index is 2840. The van der Waals surface area contributed by atoms with Crippen LogP contribution in [0.4, 0.5) is 28.4 Å². The van der Waals surface area contributed by atoms with Gasteiger partial charge in [0.2, 0.25) is 11.8 Å². The molecule has 9 rings (SSSR count). The lowest BCUT2D eigenvalue weighted by atomic mass is 10.1. The Morgan fingerprint density at radius 3 is 2.01 bits per heavy atom. The van der Waals surface area contributed by atoms with Crippen LogP contribution in [0.1, 0.15) is 82.5 Å². The maximum absolute atomic E-state index is 14.1. The van der Waals surface area contributed by atoms with E-state index in [1.807, 2.05) is 71.6 Å². The van der Waals surface area contributed by atoms with Crippen LogP contribution in [0.2, 0.25) is 0 Å². The van der Waals surface area contributed by atoms with Gasteiger partial charge in [0.15, 0.2) is 23.0 Å². The van der Waals surface area contributed by atoms with Gasteiger partial charge in [-0.05, 0) is 104 Å². The second-order valence-electron chi connectivity index (χ2n) is 18.6. The summed E-state index contributed by atoms with van der Waals surface area (Å²) in [6.45, 7) is 4.90. The molecule has 5 N–H and O–H groups in total. The molecule has 4 aliphatic rings. The Morgan fingerprint density at radius 2 is 1.37 bits per heavy atom. The van der Waals surface area contributed by atoms with Gasteiger partial charge in [-0.3, -0.25) is 19.2 Å². The number of nitrogens with one attached hydrogen (secondary N) is 2. The summed E-state index contributed by atoms with van der Waals surface area (Å²) in [5.41, 5.74) is 13.1. The molecule has 4 aliphatic heterocycles. The first-order valence-electron chi connectivity index (χ1n) is 23.4. The van der Waals surface area contributed by atoms with Crippen LogP contribution in [-0.2, 0) is 35.6 Å². The molecule has 70 heavy (non-hydrogen) atoms. The predicted octanol–water partition coefficient (Wildman–Crippen LogP) is 8.34. The number of anilines is 5. The lowest BCUT2D eigenvalue weighted by molar-refractivity contribution is -0.119. The summed E-state index contributed by atoms with van der Waals surface area (Å²) in [7, 11) is 8.18. The summed E-state index contributed by atoms with van der Waals surface area (Å²) < 4.78 is 24.4. The van der Waals surface area contributed by atoms with E-state index in [1.165, 1.54) is 7.11 Å². The van der Waals surface area contributed by atoms with Crippen LogP contribution in [0, 0.1) is 0 Å². The molecule has 366 valence electrons. The molecule has 0 radical (unpaired) electrons. The van der Waals surface area contributed by atoms with Crippen LogP contribution in [0.3, 0.4) is 0 Å². The summed E-state index contributed by atoms with van der Waals surface area (Å²) in [6, 6.07) is 27.7. The van der Waals surface area contributed by atoms with Gasteiger partial charge < -0.3 is 55.1 Å². The van der Waals surface area contributed by atoms with Crippen molar-refractivity contribution in [2.75, 3.05) is 58.9 Å². The molecule has 0 saturated heterocycles. The Balaban J connectivity index is 0.963. The first kappa shape index (κ1) is 48.5. The quantitative estimate of drug-likeness (QED) is 0.0486. The van der Waals surface area contributed by atoms with E-state index in [-0.39, 0.29) is 47.6 Å². The normalized spacial score (nSPS) is 17.6. The Hall–Kier alpha value is -6.56. The number of aliphatic hydroxyl groups is 1. The van der Waals surface area contributed by atoms with Crippen LogP contribution in [0.25, 0.3) is 0 Å². The van der Waals surface area contributed by atoms with Gasteiger partial charge in [-0.25, -0.2) is 0 Å². The van der Waals surface area contributed by atoms with E-state index in [9.17, 15) is 24.3 Å². The number of nitrogens with zero attached hydrogens (tertiary/aromatic N) is 3. The van der Waals surface area contributed by atoms with Crippen LogP contribution in [0.5, 0.6) is 23.0 Å². The smallest absolute Gasteiger partial charge is 0.260 e. The third-order valence-electron chi connectivity index (χ3n) is 13.2. The molecule has 3 atom stereocenters. The number of carbonyl (C=O) groups excluding carboxylic acids is 4. The highest BCUT2D eigenvalue weighted by atomic mass is 33.1. The molecule has 0 bridgehead atoms. The number of amides is 4. The number of rotatable bonds is 18. The van der Waals surface area contributed by atoms with E-state index >= 15 is 0 Å². The molecular weight excluding hydrogens is 929 g/mol. The van der Waals surface area contributed by atoms with Crippen molar-refractivity contribution in [1.29, 1.82) is 0 Å². The van der Waals surface area contributed by atoms with Crippen LogP contribution in [-0.4, -0.2) is 85.4 Å². The monoisotopic (exact) mass is 986 g/mol. The van der Waals surface area contributed by atoms with Gasteiger partial charge >= 0.3 is 0 Å². The number of hydrogen-bond donors (Lipinski definition) is 4. The first-order chi connectivity index (χ1) is 33.7.